The predicted molar refractivity (Wildman–Crippen MR) is 113 cm³/mol. The van der Waals surface area contributed by atoms with Crippen LogP contribution in [0.5, 0.6) is 0 Å². The minimum absolute atomic E-state index is 0.0857. The molecule has 27 heavy (non-hydrogen) atoms. The average molecular weight is 384 g/mol. The summed E-state index contributed by atoms with van der Waals surface area (Å²) in [6.45, 7) is 10.6. The Morgan fingerprint density at radius 3 is 2.74 bits per heavy atom. The highest BCUT2D eigenvalue weighted by Crippen LogP contribution is 2.42. The second-order valence-electron chi connectivity index (χ2n) is 7.82. The van der Waals surface area contributed by atoms with Crippen LogP contribution in [-0.4, -0.2) is 41.0 Å². The van der Waals surface area contributed by atoms with Crippen molar-refractivity contribution in [2.24, 2.45) is 0 Å². The Morgan fingerprint density at radius 2 is 2.07 bits per heavy atom. The molecule has 6 heteroatoms. The number of hydrogen-bond donors (Lipinski definition) is 1. The van der Waals surface area contributed by atoms with E-state index < -0.39 is 11.8 Å². The first-order valence-electron chi connectivity index (χ1n) is 9.03. The number of nitrogens with zero attached hydrogens (tertiary/aromatic N) is 2. The molecule has 2 aliphatic rings. The lowest BCUT2D eigenvalue weighted by atomic mass is 9.80. The Labute approximate surface area is 165 Å². The van der Waals surface area contributed by atoms with Gasteiger partial charge in [0.2, 0.25) is 0 Å². The number of carbonyl (C=O) groups excluding carboxylic acids is 2. The van der Waals surface area contributed by atoms with E-state index in [0.29, 0.717) is 5.92 Å². The molecule has 2 amide bonds. The van der Waals surface area contributed by atoms with E-state index in [2.05, 4.69) is 56.7 Å². The Kier molecular flexibility index (Phi) is 4.95. The molecule has 1 aromatic carbocycles. The summed E-state index contributed by atoms with van der Waals surface area (Å²) in [5.41, 5.74) is 3.43. The molecule has 1 atom stereocenters. The van der Waals surface area contributed by atoms with Crippen molar-refractivity contribution >= 4 is 40.9 Å². The SMILES string of the molecule is C=CCN1C(=O)/C(=C\c2ccc3c(c2)[C@H](C)CC(C)(C)N3C)C(=O)NC1=S. The van der Waals surface area contributed by atoms with E-state index in [1.165, 1.54) is 16.2 Å². The van der Waals surface area contributed by atoms with Gasteiger partial charge in [0.15, 0.2) is 5.11 Å². The third kappa shape index (κ3) is 3.41. The summed E-state index contributed by atoms with van der Waals surface area (Å²) >= 11 is 5.09. The minimum Gasteiger partial charge on any atom is -0.369 e. The number of amides is 2. The molecular formula is C21H25N3O2S. The first-order valence-corrected chi connectivity index (χ1v) is 9.44. The molecule has 1 aromatic rings. The fourth-order valence-electron chi connectivity index (χ4n) is 3.84. The highest BCUT2D eigenvalue weighted by molar-refractivity contribution is 7.80. The Balaban J connectivity index is 1.99. The number of nitrogens with one attached hydrogen (secondary N) is 1. The van der Waals surface area contributed by atoms with Gasteiger partial charge >= 0.3 is 0 Å². The molecule has 0 bridgehead atoms. The number of benzene rings is 1. The second-order valence-corrected chi connectivity index (χ2v) is 8.20. The first kappa shape index (κ1) is 19.3. The van der Waals surface area contributed by atoms with Gasteiger partial charge in [-0.2, -0.15) is 0 Å². The van der Waals surface area contributed by atoms with Crippen molar-refractivity contribution < 1.29 is 9.59 Å². The number of anilines is 1. The summed E-state index contributed by atoms with van der Waals surface area (Å²) in [5, 5.41) is 2.69. The van der Waals surface area contributed by atoms with E-state index >= 15 is 0 Å². The van der Waals surface area contributed by atoms with E-state index in [1.807, 2.05) is 6.07 Å². The van der Waals surface area contributed by atoms with Crippen LogP contribution in [0.1, 0.15) is 44.2 Å². The lowest BCUT2D eigenvalue weighted by molar-refractivity contribution is -0.128. The van der Waals surface area contributed by atoms with Crippen molar-refractivity contribution in [3.8, 4) is 0 Å². The van der Waals surface area contributed by atoms with Gasteiger partial charge in [-0.25, -0.2) is 0 Å². The minimum atomic E-state index is -0.464. The van der Waals surface area contributed by atoms with Crippen LogP contribution in [0.25, 0.3) is 6.08 Å². The molecule has 2 aliphatic heterocycles. The molecule has 0 unspecified atom stereocenters. The zero-order valence-electron chi connectivity index (χ0n) is 16.2. The van der Waals surface area contributed by atoms with Gasteiger partial charge in [-0.05, 0) is 67.7 Å². The summed E-state index contributed by atoms with van der Waals surface area (Å²) in [6, 6.07) is 6.09. The van der Waals surface area contributed by atoms with Crippen LogP contribution in [0, 0.1) is 0 Å². The van der Waals surface area contributed by atoms with Gasteiger partial charge < -0.3 is 4.90 Å². The summed E-state index contributed by atoms with van der Waals surface area (Å²) in [7, 11) is 2.11. The maximum atomic E-state index is 12.7. The van der Waals surface area contributed by atoms with Crippen molar-refractivity contribution in [2.75, 3.05) is 18.5 Å². The molecule has 142 valence electrons. The van der Waals surface area contributed by atoms with E-state index in [1.54, 1.807) is 12.2 Å². The lowest BCUT2D eigenvalue weighted by Gasteiger charge is -2.45. The van der Waals surface area contributed by atoms with Crippen LogP contribution >= 0.6 is 12.2 Å². The molecular weight excluding hydrogens is 358 g/mol. The molecule has 0 aliphatic carbocycles. The zero-order valence-corrected chi connectivity index (χ0v) is 17.0. The maximum absolute atomic E-state index is 12.7. The normalized spacial score (nSPS) is 23.3. The van der Waals surface area contributed by atoms with E-state index in [4.69, 9.17) is 12.2 Å². The van der Waals surface area contributed by atoms with Gasteiger partial charge in [0.05, 0.1) is 0 Å². The Morgan fingerprint density at radius 1 is 1.37 bits per heavy atom. The van der Waals surface area contributed by atoms with Crippen LogP contribution in [0.15, 0.2) is 36.4 Å². The van der Waals surface area contributed by atoms with Crippen LogP contribution in [0.2, 0.25) is 0 Å². The first-order chi connectivity index (χ1) is 12.7. The monoisotopic (exact) mass is 383 g/mol. The van der Waals surface area contributed by atoms with Crippen LogP contribution in [-0.2, 0) is 9.59 Å². The van der Waals surface area contributed by atoms with Gasteiger partial charge in [-0.3, -0.25) is 19.8 Å². The van der Waals surface area contributed by atoms with Crippen molar-refractivity contribution in [2.45, 2.75) is 38.6 Å². The highest BCUT2D eigenvalue weighted by atomic mass is 32.1. The highest BCUT2D eigenvalue weighted by Gasteiger charge is 2.35. The molecule has 1 saturated heterocycles. The summed E-state index contributed by atoms with van der Waals surface area (Å²) in [4.78, 5) is 28.6. The van der Waals surface area contributed by atoms with Gasteiger partial charge in [0, 0.05) is 24.8 Å². The van der Waals surface area contributed by atoms with Crippen molar-refractivity contribution in [3.63, 3.8) is 0 Å². The molecule has 0 spiro atoms. The molecule has 0 saturated carbocycles. The molecule has 1 fully saturated rings. The molecule has 5 nitrogen and oxygen atoms in total. The quantitative estimate of drug-likeness (QED) is 0.377. The van der Waals surface area contributed by atoms with Gasteiger partial charge in [0.1, 0.15) is 5.57 Å². The largest absolute Gasteiger partial charge is 0.369 e. The predicted octanol–water partition coefficient (Wildman–Crippen LogP) is 3.22. The topological polar surface area (TPSA) is 52.7 Å². The number of fused-ring (bicyclic) bond motifs is 1. The number of thiocarbonyl (C=S) groups is 1. The summed E-state index contributed by atoms with van der Waals surface area (Å²) in [5.74, 6) is -0.465. The third-order valence-corrected chi connectivity index (χ3v) is 5.79. The van der Waals surface area contributed by atoms with E-state index in [9.17, 15) is 9.59 Å². The summed E-state index contributed by atoms with van der Waals surface area (Å²) < 4.78 is 0. The number of hydrogen-bond acceptors (Lipinski definition) is 4. The molecule has 0 radical (unpaired) electrons. The molecule has 2 heterocycles. The molecule has 3 rings (SSSR count). The van der Waals surface area contributed by atoms with E-state index in [0.717, 1.165) is 12.0 Å². The Hall–Kier alpha value is -2.47. The third-order valence-electron chi connectivity index (χ3n) is 5.47. The molecule has 0 aromatic heterocycles. The number of rotatable bonds is 3. The zero-order chi connectivity index (χ0) is 19.9. The Bertz CT molecular complexity index is 872. The van der Waals surface area contributed by atoms with Crippen LogP contribution < -0.4 is 10.2 Å². The fraction of sp³-hybridized carbons (Fsp3) is 0.381. The maximum Gasteiger partial charge on any atom is 0.265 e. The van der Waals surface area contributed by atoms with Crippen molar-refractivity contribution in [3.05, 3.63) is 47.6 Å². The second kappa shape index (κ2) is 6.93. The van der Waals surface area contributed by atoms with Crippen molar-refractivity contribution in [1.29, 1.82) is 0 Å². The van der Waals surface area contributed by atoms with Crippen LogP contribution in [0.4, 0.5) is 5.69 Å². The van der Waals surface area contributed by atoms with Crippen molar-refractivity contribution in [1.82, 2.24) is 10.2 Å². The van der Waals surface area contributed by atoms with Gasteiger partial charge in [-0.15, -0.1) is 6.58 Å². The standard InChI is InChI=1S/C21H25N3O2S/c1-6-9-24-19(26)16(18(25)22-20(24)27)11-14-7-8-17-15(10-14)13(2)12-21(3,4)23(17)5/h6-8,10-11,13H,1,9,12H2,2-5H3,(H,22,25,27)/b16-11-/t13-/m1/s1. The van der Waals surface area contributed by atoms with E-state index in [-0.39, 0.29) is 22.8 Å². The fourth-order valence-corrected chi connectivity index (χ4v) is 4.09. The summed E-state index contributed by atoms with van der Waals surface area (Å²) in [6.07, 6.45) is 4.26. The lowest BCUT2D eigenvalue weighted by Crippen LogP contribution is -2.53. The van der Waals surface area contributed by atoms with Gasteiger partial charge in [0.25, 0.3) is 11.8 Å². The number of carbonyl (C=O) groups is 2. The smallest absolute Gasteiger partial charge is 0.265 e. The van der Waals surface area contributed by atoms with Gasteiger partial charge in [-0.1, -0.05) is 19.1 Å². The molecule has 1 N–H and O–H groups in total. The van der Waals surface area contributed by atoms with Crippen LogP contribution in [0.3, 0.4) is 0 Å². The average Bonchev–Trinajstić information content (AvgIpc) is 2.60.